The summed E-state index contributed by atoms with van der Waals surface area (Å²) in [6.07, 6.45) is 0.865. The number of aliphatic imine (C=N–C) groups is 1. The number of methoxy groups -OCH3 is 2. The third-order valence-corrected chi connectivity index (χ3v) is 8.53. The molecule has 0 spiro atoms. The number of nitrogens with zero attached hydrogens (tertiary/aromatic N) is 1. The maximum Gasteiger partial charge on any atom is 0.331 e. The fourth-order valence-corrected chi connectivity index (χ4v) is 6.46. The predicted octanol–water partition coefficient (Wildman–Crippen LogP) is 9.19. The van der Waals surface area contributed by atoms with Gasteiger partial charge in [0.15, 0.2) is 6.04 Å². The van der Waals surface area contributed by atoms with E-state index < -0.39 is 6.04 Å². The van der Waals surface area contributed by atoms with E-state index in [1.165, 1.54) is 0 Å². The van der Waals surface area contributed by atoms with Gasteiger partial charge in [0.1, 0.15) is 11.5 Å². The van der Waals surface area contributed by atoms with Crippen molar-refractivity contribution < 1.29 is 19.0 Å². The fourth-order valence-electron chi connectivity index (χ4n) is 6.46. The van der Waals surface area contributed by atoms with Crippen molar-refractivity contribution in [2.45, 2.75) is 32.7 Å². The number of hydrogen-bond acceptors (Lipinski definition) is 5. The predicted molar refractivity (Wildman–Crippen MR) is 192 cm³/mol. The van der Waals surface area contributed by atoms with Gasteiger partial charge in [-0.25, -0.2) is 4.79 Å². The number of hydrogen-bond donors (Lipinski definition) is 0. The SMILES string of the molecule is CCOC(=O)C(Cc1cc2ccccc2c(-c2c(OC)c(C)cc3ccccc23)c1OC)N=C(Cc1ccccc1)c1ccccc1. The lowest BCUT2D eigenvalue weighted by Gasteiger charge is -2.23. The lowest BCUT2D eigenvalue weighted by molar-refractivity contribution is -0.144. The van der Waals surface area contributed by atoms with Crippen LogP contribution in [0.3, 0.4) is 0 Å². The summed E-state index contributed by atoms with van der Waals surface area (Å²) in [5.41, 5.74) is 6.68. The second kappa shape index (κ2) is 14.3. The van der Waals surface area contributed by atoms with E-state index in [1.54, 1.807) is 14.2 Å². The standard InChI is InChI=1S/C42H39NO4/c1-5-47-42(44)37(43-36(30-18-10-7-11-19-30)25-29-16-8-6-9-17-29)27-33-26-32-21-13-15-23-35(32)39(41(33)46-4)38-34-22-14-12-20-31(34)24-28(2)40(38)45-3/h6-24,26,37H,5,25,27H2,1-4H3. The summed E-state index contributed by atoms with van der Waals surface area (Å²) in [7, 11) is 3.40. The molecule has 5 nitrogen and oxygen atoms in total. The van der Waals surface area contributed by atoms with Crippen molar-refractivity contribution in [2.24, 2.45) is 4.99 Å². The molecule has 0 aliphatic carbocycles. The summed E-state index contributed by atoms with van der Waals surface area (Å²) in [6.45, 7) is 4.15. The lowest BCUT2D eigenvalue weighted by Crippen LogP contribution is -2.26. The van der Waals surface area contributed by atoms with E-state index in [2.05, 4.69) is 55.5 Å². The van der Waals surface area contributed by atoms with Crippen LogP contribution < -0.4 is 9.47 Å². The Bertz CT molecular complexity index is 2050. The van der Waals surface area contributed by atoms with E-state index in [0.29, 0.717) is 12.2 Å². The molecule has 0 heterocycles. The van der Waals surface area contributed by atoms with Gasteiger partial charge in [-0.1, -0.05) is 109 Å². The second-order valence-electron chi connectivity index (χ2n) is 11.6. The zero-order valence-electron chi connectivity index (χ0n) is 27.3. The van der Waals surface area contributed by atoms with Crippen LogP contribution in [0.15, 0.2) is 126 Å². The molecule has 236 valence electrons. The topological polar surface area (TPSA) is 57.1 Å². The van der Waals surface area contributed by atoms with Crippen molar-refractivity contribution in [1.29, 1.82) is 0 Å². The number of rotatable bonds is 11. The maximum absolute atomic E-state index is 13.7. The molecular formula is C42H39NO4. The number of carbonyl (C=O) groups excluding carboxylic acids is 1. The van der Waals surface area contributed by atoms with Gasteiger partial charge in [0.25, 0.3) is 0 Å². The second-order valence-corrected chi connectivity index (χ2v) is 11.6. The number of fused-ring (bicyclic) bond motifs is 2. The Hall–Kier alpha value is -5.42. The Labute approximate surface area is 276 Å². The average Bonchev–Trinajstić information content (AvgIpc) is 3.10. The van der Waals surface area contributed by atoms with E-state index in [4.69, 9.17) is 19.2 Å². The summed E-state index contributed by atoms with van der Waals surface area (Å²) in [5.74, 6) is 1.11. The first-order valence-corrected chi connectivity index (χ1v) is 16.0. The third kappa shape index (κ3) is 6.61. The molecule has 6 aromatic rings. The van der Waals surface area contributed by atoms with Crippen LogP contribution in [0, 0.1) is 6.92 Å². The van der Waals surface area contributed by atoms with Crippen LogP contribution in [0.4, 0.5) is 0 Å². The number of aryl methyl sites for hydroxylation is 1. The van der Waals surface area contributed by atoms with Crippen LogP contribution in [0.25, 0.3) is 32.7 Å². The molecule has 0 saturated carbocycles. The van der Waals surface area contributed by atoms with Gasteiger partial charge >= 0.3 is 5.97 Å². The van der Waals surface area contributed by atoms with Gasteiger partial charge in [-0.15, -0.1) is 0 Å². The molecule has 6 aromatic carbocycles. The Morgan fingerprint density at radius 3 is 1.87 bits per heavy atom. The van der Waals surface area contributed by atoms with Gasteiger partial charge in [-0.05, 0) is 69.8 Å². The van der Waals surface area contributed by atoms with Gasteiger partial charge in [0, 0.05) is 29.7 Å². The van der Waals surface area contributed by atoms with E-state index in [-0.39, 0.29) is 19.0 Å². The van der Waals surface area contributed by atoms with Gasteiger partial charge in [-0.3, -0.25) is 4.99 Å². The molecule has 1 unspecified atom stereocenters. The molecule has 6 rings (SSSR count). The molecule has 0 bridgehead atoms. The van der Waals surface area contributed by atoms with Crippen LogP contribution in [-0.4, -0.2) is 38.5 Å². The molecular weight excluding hydrogens is 582 g/mol. The number of carbonyl (C=O) groups is 1. The van der Waals surface area contributed by atoms with Crippen molar-refractivity contribution in [3.63, 3.8) is 0 Å². The van der Waals surface area contributed by atoms with Crippen LogP contribution in [0.5, 0.6) is 11.5 Å². The zero-order chi connectivity index (χ0) is 32.8. The first-order chi connectivity index (χ1) is 23.0. The van der Waals surface area contributed by atoms with E-state index in [1.807, 2.05) is 79.7 Å². The minimum atomic E-state index is -0.798. The largest absolute Gasteiger partial charge is 0.496 e. The van der Waals surface area contributed by atoms with Crippen molar-refractivity contribution >= 4 is 33.2 Å². The highest BCUT2D eigenvalue weighted by atomic mass is 16.5. The summed E-state index contributed by atoms with van der Waals surface area (Å²) >= 11 is 0. The van der Waals surface area contributed by atoms with Crippen LogP contribution in [-0.2, 0) is 22.4 Å². The fraction of sp³-hybridized carbons (Fsp3) is 0.190. The van der Waals surface area contributed by atoms with Crippen molar-refractivity contribution in [3.05, 3.63) is 144 Å². The highest BCUT2D eigenvalue weighted by Crippen LogP contribution is 2.48. The molecule has 1 atom stereocenters. The Kier molecular flexibility index (Phi) is 9.63. The molecule has 0 saturated heterocycles. The van der Waals surface area contributed by atoms with E-state index in [0.717, 1.165) is 66.4 Å². The van der Waals surface area contributed by atoms with Crippen LogP contribution in [0.2, 0.25) is 0 Å². The average molecular weight is 622 g/mol. The minimum absolute atomic E-state index is 0.261. The smallest absolute Gasteiger partial charge is 0.331 e. The highest BCUT2D eigenvalue weighted by Gasteiger charge is 2.27. The van der Waals surface area contributed by atoms with E-state index >= 15 is 0 Å². The number of benzene rings is 6. The minimum Gasteiger partial charge on any atom is -0.496 e. The molecule has 0 N–H and O–H groups in total. The Balaban J connectivity index is 1.57. The summed E-state index contributed by atoms with van der Waals surface area (Å²) in [6, 6.07) is 40.3. The van der Waals surface area contributed by atoms with Crippen molar-refractivity contribution in [2.75, 3.05) is 20.8 Å². The lowest BCUT2D eigenvalue weighted by atomic mass is 9.87. The van der Waals surface area contributed by atoms with Crippen molar-refractivity contribution in [1.82, 2.24) is 0 Å². The van der Waals surface area contributed by atoms with E-state index in [9.17, 15) is 4.79 Å². The molecule has 0 amide bonds. The van der Waals surface area contributed by atoms with Gasteiger partial charge in [0.05, 0.1) is 20.8 Å². The normalized spacial score (nSPS) is 12.2. The molecule has 5 heteroatoms. The zero-order valence-corrected chi connectivity index (χ0v) is 27.3. The summed E-state index contributed by atoms with van der Waals surface area (Å²) in [4.78, 5) is 18.9. The van der Waals surface area contributed by atoms with Crippen LogP contribution >= 0.6 is 0 Å². The molecule has 0 fully saturated rings. The molecule has 0 aromatic heterocycles. The summed E-state index contributed by atoms with van der Waals surface area (Å²) < 4.78 is 18.0. The maximum atomic E-state index is 13.7. The molecule has 0 aliphatic rings. The number of ether oxygens (including phenoxy) is 3. The molecule has 47 heavy (non-hydrogen) atoms. The highest BCUT2D eigenvalue weighted by molar-refractivity contribution is 6.11. The van der Waals surface area contributed by atoms with Gasteiger partial charge < -0.3 is 14.2 Å². The van der Waals surface area contributed by atoms with Crippen molar-refractivity contribution in [3.8, 4) is 22.6 Å². The molecule has 0 radical (unpaired) electrons. The Morgan fingerprint density at radius 1 is 0.702 bits per heavy atom. The summed E-state index contributed by atoms with van der Waals surface area (Å²) in [5, 5.41) is 4.24. The van der Waals surface area contributed by atoms with Gasteiger partial charge in [0.2, 0.25) is 0 Å². The molecule has 0 aliphatic heterocycles. The first kappa shape index (κ1) is 31.6. The third-order valence-electron chi connectivity index (χ3n) is 8.53. The van der Waals surface area contributed by atoms with Crippen LogP contribution in [0.1, 0.15) is 29.2 Å². The first-order valence-electron chi connectivity index (χ1n) is 16.0. The quantitative estimate of drug-likeness (QED) is 0.107. The van der Waals surface area contributed by atoms with Gasteiger partial charge in [-0.2, -0.15) is 0 Å². The Morgan fingerprint density at radius 2 is 1.26 bits per heavy atom. The number of esters is 1. The monoisotopic (exact) mass is 621 g/mol.